The molecule has 1 fully saturated rings. The minimum Gasteiger partial charge on any atom is -0.494 e. The highest BCUT2D eigenvalue weighted by Gasteiger charge is 2.34. The second-order valence-corrected chi connectivity index (χ2v) is 9.85. The van der Waals surface area contributed by atoms with Gasteiger partial charge in [0.25, 0.3) is 5.56 Å². The van der Waals surface area contributed by atoms with Crippen LogP contribution in [0.5, 0.6) is 5.88 Å². The molecule has 2 amide bonds. The van der Waals surface area contributed by atoms with Crippen molar-refractivity contribution in [2.75, 3.05) is 5.32 Å². The molecule has 0 spiro atoms. The van der Waals surface area contributed by atoms with Crippen LogP contribution in [0, 0.1) is 5.82 Å². The molecule has 0 radical (unpaired) electrons. The van der Waals surface area contributed by atoms with Gasteiger partial charge in [0.05, 0.1) is 5.69 Å². The zero-order chi connectivity index (χ0) is 26.7. The molecule has 0 aliphatic carbocycles. The first-order valence-corrected chi connectivity index (χ1v) is 12.3. The Balaban J connectivity index is 1.61. The number of carbonyl (C=O) groups is 2. The number of para-hydroxylation sites is 1. The van der Waals surface area contributed by atoms with Gasteiger partial charge in [-0.05, 0) is 29.2 Å². The minimum atomic E-state index is -1.07. The van der Waals surface area contributed by atoms with E-state index >= 15 is 0 Å². The second-order valence-electron chi connectivity index (χ2n) is 8.66. The van der Waals surface area contributed by atoms with Crippen LogP contribution in [-0.4, -0.2) is 37.3 Å². The lowest BCUT2D eigenvalue weighted by molar-refractivity contribution is -0.122. The Hall–Kier alpha value is -4.19. The van der Waals surface area contributed by atoms with E-state index in [0.717, 1.165) is 17.3 Å². The van der Waals surface area contributed by atoms with Crippen LogP contribution in [0.15, 0.2) is 63.1 Å². The van der Waals surface area contributed by atoms with Crippen LogP contribution >= 0.6 is 11.8 Å². The molecule has 37 heavy (non-hydrogen) atoms. The lowest BCUT2D eigenvalue weighted by Gasteiger charge is -2.15. The van der Waals surface area contributed by atoms with E-state index in [4.69, 9.17) is 0 Å². The summed E-state index contributed by atoms with van der Waals surface area (Å²) in [5, 5.41) is 14.7. The molecule has 12 heteroatoms. The van der Waals surface area contributed by atoms with Crippen molar-refractivity contribution in [3.63, 3.8) is 0 Å². The number of aromatic amines is 2. The Kier molecular flexibility index (Phi) is 7.58. The van der Waals surface area contributed by atoms with Gasteiger partial charge in [-0.25, -0.2) is 14.2 Å². The van der Waals surface area contributed by atoms with Crippen molar-refractivity contribution >= 4 is 34.4 Å². The number of nitrogens with one attached hydrogen (secondary N) is 4. The maximum absolute atomic E-state index is 13.8. The molecule has 2 atom stereocenters. The summed E-state index contributed by atoms with van der Waals surface area (Å²) in [6.07, 6.45) is -0.248. The first-order valence-electron chi connectivity index (χ1n) is 11.4. The molecule has 2 heterocycles. The predicted molar refractivity (Wildman–Crippen MR) is 138 cm³/mol. The fourth-order valence-corrected chi connectivity index (χ4v) is 4.75. The molecule has 0 unspecified atom stereocenters. The van der Waals surface area contributed by atoms with Gasteiger partial charge in [-0.15, -0.1) is 0 Å². The van der Waals surface area contributed by atoms with Crippen molar-refractivity contribution < 1.29 is 19.1 Å². The average molecular weight is 526 g/mol. The van der Waals surface area contributed by atoms with Gasteiger partial charge in [-0.1, -0.05) is 62.0 Å². The van der Waals surface area contributed by atoms with Gasteiger partial charge in [0.2, 0.25) is 17.7 Å². The number of carbonyl (C=O) groups excluding carboxylic acids is 2. The summed E-state index contributed by atoms with van der Waals surface area (Å²) in [4.78, 5) is 57.9. The van der Waals surface area contributed by atoms with Crippen molar-refractivity contribution in [3.05, 3.63) is 91.9 Å². The van der Waals surface area contributed by atoms with Gasteiger partial charge in [0, 0.05) is 6.42 Å². The summed E-state index contributed by atoms with van der Waals surface area (Å²) in [6.45, 7) is 4.05. The van der Waals surface area contributed by atoms with Gasteiger partial charge >= 0.3 is 5.69 Å². The highest BCUT2D eigenvalue weighted by Crippen LogP contribution is 2.32. The van der Waals surface area contributed by atoms with Crippen LogP contribution in [0.2, 0.25) is 0 Å². The maximum atomic E-state index is 13.8. The third-order valence-electron chi connectivity index (χ3n) is 5.69. The van der Waals surface area contributed by atoms with Crippen LogP contribution in [0.3, 0.4) is 0 Å². The fourth-order valence-electron chi connectivity index (χ4n) is 3.76. The number of anilines is 1. The smallest absolute Gasteiger partial charge is 0.328 e. The molecule has 5 N–H and O–H groups in total. The highest BCUT2D eigenvalue weighted by molar-refractivity contribution is 8.15. The second kappa shape index (κ2) is 10.8. The number of hydrogen-bond donors (Lipinski definition) is 5. The van der Waals surface area contributed by atoms with E-state index in [0.29, 0.717) is 5.56 Å². The molecule has 0 saturated carbocycles. The first kappa shape index (κ1) is 25.9. The molecule has 4 rings (SSSR count). The maximum Gasteiger partial charge on any atom is 0.328 e. The van der Waals surface area contributed by atoms with Crippen molar-refractivity contribution in [2.45, 2.75) is 37.5 Å². The Morgan fingerprint density at radius 1 is 1.08 bits per heavy atom. The Bertz CT molecular complexity index is 1480. The molecule has 2 aromatic carbocycles. The number of aromatic nitrogens is 2. The number of aromatic hydroxyl groups is 1. The zero-order valence-electron chi connectivity index (χ0n) is 19.9. The average Bonchev–Trinajstić information content (AvgIpc) is 3.17. The van der Waals surface area contributed by atoms with E-state index in [1.54, 1.807) is 18.2 Å². The normalized spacial score (nSPS) is 17.1. The summed E-state index contributed by atoms with van der Waals surface area (Å²) < 4.78 is 13.8. The molecule has 3 aromatic rings. The SMILES string of the molecule is CC(C)c1ccc([C@H](N=C2NC(=O)[C@@H](CC(=O)Nc3ccccc3F)S2)c2c(O)[nH]c(=O)[nH]c2=O)cc1. The van der Waals surface area contributed by atoms with Gasteiger partial charge in [-0.3, -0.25) is 24.4 Å². The monoisotopic (exact) mass is 525 g/mol. The number of benzene rings is 2. The number of rotatable bonds is 7. The lowest BCUT2D eigenvalue weighted by atomic mass is 9.96. The number of halogens is 1. The minimum absolute atomic E-state index is 0.00229. The number of nitrogens with zero attached hydrogens (tertiary/aromatic N) is 1. The number of H-pyrrole nitrogens is 2. The molecule has 1 aliphatic heterocycles. The van der Waals surface area contributed by atoms with Crippen molar-refractivity contribution in [1.82, 2.24) is 15.3 Å². The van der Waals surface area contributed by atoms with Crippen LogP contribution in [-0.2, 0) is 9.59 Å². The number of aliphatic imine (C=N–C) groups is 1. The van der Waals surface area contributed by atoms with Crippen LogP contribution < -0.4 is 21.9 Å². The van der Waals surface area contributed by atoms with Crippen molar-refractivity contribution in [2.24, 2.45) is 4.99 Å². The van der Waals surface area contributed by atoms with Gasteiger partial charge in [0.1, 0.15) is 22.7 Å². The van der Waals surface area contributed by atoms with Gasteiger partial charge in [0.15, 0.2) is 5.17 Å². The van der Waals surface area contributed by atoms with E-state index in [1.807, 2.05) is 26.0 Å². The Morgan fingerprint density at radius 3 is 2.41 bits per heavy atom. The quantitative estimate of drug-likeness (QED) is 0.319. The van der Waals surface area contributed by atoms with Crippen LogP contribution in [0.25, 0.3) is 0 Å². The van der Waals surface area contributed by atoms with Gasteiger partial charge in [-0.2, -0.15) is 0 Å². The molecule has 192 valence electrons. The largest absolute Gasteiger partial charge is 0.494 e. The molecule has 0 bridgehead atoms. The highest BCUT2D eigenvalue weighted by atomic mass is 32.2. The summed E-state index contributed by atoms with van der Waals surface area (Å²) in [6, 6.07) is 11.8. The van der Waals surface area contributed by atoms with E-state index in [9.17, 15) is 28.7 Å². The lowest BCUT2D eigenvalue weighted by Crippen LogP contribution is -2.29. The number of thioether (sulfide) groups is 1. The zero-order valence-corrected chi connectivity index (χ0v) is 20.7. The Labute approximate surface area is 214 Å². The molecule has 1 aromatic heterocycles. The summed E-state index contributed by atoms with van der Waals surface area (Å²) in [5.74, 6) is -2.04. The summed E-state index contributed by atoms with van der Waals surface area (Å²) in [5.41, 5.74) is -0.349. The van der Waals surface area contributed by atoms with E-state index < -0.39 is 46.1 Å². The van der Waals surface area contributed by atoms with Crippen LogP contribution in [0.4, 0.5) is 10.1 Å². The number of amides is 2. The summed E-state index contributed by atoms with van der Waals surface area (Å²) >= 11 is 0.971. The third-order valence-corrected chi connectivity index (χ3v) is 6.79. The molecular weight excluding hydrogens is 501 g/mol. The van der Waals surface area contributed by atoms with E-state index in [1.165, 1.54) is 18.2 Å². The third kappa shape index (κ3) is 5.97. The molecule has 10 nitrogen and oxygen atoms in total. The molecular formula is C25H24FN5O5S. The van der Waals surface area contributed by atoms with Gasteiger partial charge < -0.3 is 15.7 Å². The van der Waals surface area contributed by atoms with E-state index in [2.05, 4.69) is 25.6 Å². The topological polar surface area (TPSA) is 157 Å². The van der Waals surface area contributed by atoms with Crippen molar-refractivity contribution in [3.8, 4) is 5.88 Å². The first-order chi connectivity index (χ1) is 17.6. The summed E-state index contributed by atoms with van der Waals surface area (Å²) in [7, 11) is 0. The predicted octanol–water partition coefficient (Wildman–Crippen LogP) is 2.74. The molecule has 1 aliphatic rings. The van der Waals surface area contributed by atoms with Crippen molar-refractivity contribution in [1.29, 1.82) is 0 Å². The Morgan fingerprint density at radius 2 is 1.76 bits per heavy atom. The number of hydrogen-bond acceptors (Lipinski definition) is 7. The van der Waals surface area contributed by atoms with Crippen LogP contribution in [0.1, 0.15) is 48.9 Å². The standard InChI is InChI=1S/C25H24FN5O5S/c1-12(2)13-7-9-14(10-8-13)20(19-22(34)29-24(36)30-23(19)35)28-25-31-21(33)17(37-25)11-18(32)27-16-6-4-3-5-15(16)26/h3-10,12,17,20H,11H2,1-2H3,(H,27,32)(H,28,31,33)(H3,29,30,34,35,36)/t17-,20+/m1/s1. The number of amidine groups is 1. The molecule has 1 saturated heterocycles. The fraction of sp³-hybridized carbons (Fsp3) is 0.240. The van der Waals surface area contributed by atoms with E-state index in [-0.39, 0.29) is 28.8 Å².